The van der Waals surface area contributed by atoms with Crippen LogP contribution >= 0.6 is 0 Å². The Balaban J connectivity index is 0. The second-order valence-corrected chi connectivity index (χ2v) is 8.99. The van der Waals surface area contributed by atoms with Gasteiger partial charge in [-0.1, -0.05) is 96.8 Å². The summed E-state index contributed by atoms with van der Waals surface area (Å²) >= 11 is 0. The number of aliphatic hydroxyl groups is 1. The molecule has 1 N–H and O–H groups in total. The quantitative estimate of drug-likeness (QED) is 0.199. The van der Waals surface area contributed by atoms with E-state index in [-0.39, 0.29) is 51.4 Å². The van der Waals surface area contributed by atoms with Crippen molar-refractivity contribution in [2.75, 3.05) is 6.61 Å². The molecule has 0 aliphatic rings. The van der Waals surface area contributed by atoms with Crippen molar-refractivity contribution >= 4 is 10.1 Å². The fourth-order valence-corrected chi connectivity index (χ4v) is 4.20. The van der Waals surface area contributed by atoms with Crippen molar-refractivity contribution in [3.8, 4) is 0 Å². The molecule has 0 aliphatic heterocycles. The van der Waals surface area contributed by atoms with Crippen LogP contribution < -0.4 is 51.4 Å². The van der Waals surface area contributed by atoms with Crippen LogP contribution in [0.1, 0.15) is 116 Å². The molecular weight excluding hydrogens is 375 g/mol. The first-order valence-corrected chi connectivity index (χ1v) is 12.0. The second-order valence-electron chi connectivity index (χ2n) is 7.34. The number of hydrogen-bond donors (Lipinski definition) is 1. The van der Waals surface area contributed by atoms with E-state index in [4.69, 9.17) is 5.11 Å². The Morgan fingerprint density at radius 3 is 1.27 bits per heavy atom. The third-order valence-electron chi connectivity index (χ3n) is 5.05. The zero-order valence-corrected chi connectivity index (χ0v) is 21.3. The standard InChI is InChI=1S/C20H42O4S.K/c1-2-20(25(22,23)24)18-16-14-12-10-8-6-4-3-5-7-9-11-13-15-17-19-21;/h20-21H,2-19H2,1H3,(H,22,23,24);/q;+1/p-1. The van der Waals surface area contributed by atoms with E-state index in [9.17, 15) is 13.0 Å². The van der Waals surface area contributed by atoms with Gasteiger partial charge >= 0.3 is 51.4 Å². The fraction of sp³-hybridized carbons (Fsp3) is 1.00. The van der Waals surface area contributed by atoms with Crippen molar-refractivity contribution in [2.24, 2.45) is 0 Å². The fourth-order valence-electron chi connectivity index (χ4n) is 3.33. The SMILES string of the molecule is CCC(CCCCCCCCCCCCCCCCCO)S(=O)(=O)[O-].[K+]. The van der Waals surface area contributed by atoms with Crippen LogP contribution in [0.25, 0.3) is 0 Å². The van der Waals surface area contributed by atoms with Gasteiger partial charge in [-0.25, -0.2) is 8.42 Å². The molecule has 1 atom stereocenters. The number of hydrogen-bond acceptors (Lipinski definition) is 4. The third-order valence-corrected chi connectivity index (χ3v) is 6.43. The summed E-state index contributed by atoms with van der Waals surface area (Å²) in [4.78, 5) is 0. The molecule has 0 aromatic rings. The van der Waals surface area contributed by atoms with E-state index in [1.165, 1.54) is 70.6 Å². The van der Waals surface area contributed by atoms with Crippen LogP contribution in [0.4, 0.5) is 0 Å². The molecule has 0 rings (SSSR count). The Bertz CT molecular complexity index is 374. The van der Waals surface area contributed by atoms with Gasteiger partial charge in [-0.3, -0.25) is 0 Å². The summed E-state index contributed by atoms with van der Waals surface area (Å²) in [6, 6.07) is 0. The van der Waals surface area contributed by atoms with Gasteiger partial charge in [0.15, 0.2) is 0 Å². The molecule has 4 nitrogen and oxygen atoms in total. The summed E-state index contributed by atoms with van der Waals surface area (Å²) in [6.45, 7) is 2.11. The van der Waals surface area contributed by atoms with Gasteiger partial charge < -0.3 is 9.66 Å². The van der Waals surface area contributed by atoms with E-state index in [1.54, 1.807) is 6.92 Å². The van der Waals surface area contributed by atoms with E-state index in [2.05, 4.69) is 0 Å². The first kappa shape index (κ1) is 29.7. The summed E-state index contributed by atoms with van der Waals surface area (Å²) in [5.41, 5.74) is 0. The zero-order valence-electron chi connectivity index (χ0n) is 17.4. The molecule has 0 radical (unpaired) electrons. The molecule has 0 aromatic carbocycles. The van der Waals surface area contributed by atoms with Gasteiger partial charge in [0.2, 0.25) is 0 Å². The van der Waals surface area contributed by atoms with Gasteiger partial charge in [-0.15, -0.1) is 0 Å². The largest absolute Gasteiger partial charge is 1.00 e. The van der Waals surface area contributed by atoms with Crippen LogP contribution in [-0.2, 0) is 10.1 Å². The molecule has 0 saturated carbocycles. The maximum absolute atomic E-state index is 11.0. The molecule has 0 saturated heterocycles. The molecule has 0 aliphatic carbocycles. The first-order valence-electron chi connectivity index (χ1n) is 10.6. The molecule has 1 unspecified atom stereocenters. The van der Waals surface area contributed by atoms with Gasteiger partial charge in [-0.2, -0.15) is 0 Å². The maximum Gasteiger partial charge on any atom is 1.00 e. The molecule has 0 spiro atoms. The van der Waals surface area contributed by atoms with Crippen molar-refractivity contribution in [1.29, 1.82) is 0 Å². The molecule has 0 heterocycles. The predicted octanol–water partition coefficient (Wildman–Crippen LogP) is 2.55. The molecule has 0 fully saturated rings. The summed E-state index contributed by atoms with van der Waals surface area (Å²) in [7, 11) is -4.10. The number of aliphatic hydroxyl groups excluding tert-OH is 1. The topological polar surface area (TPSA) is 77.4 Å². The molecule has 0 aromatic heterocycles. The van der Waals surface area contributed by atoms with E-state index in [0.29, 0.717) is 19.4 Å². The van der Waals surface area contributed by atoms with E-state index in [0.717, 1.165) is 25.7 Å². The van der Waals surface area contributed by atoms with Crippen LogP contribution in [0.5, 0.6) is 0 Å². The van der Waals surface area contributed by atoms with Crippen molar-refractivity contribution in [3.63, 3.8) is 0 Å². The normalized spacial score (nSPS) is 12.7. The average Bonchev–Trinajstić information content (AvgIpc) is 2.56. The zero-order chi connectivity index (χ0) is 18.8. The van der Waals surface area contributed by atoms with Gasteiger partial charge in [-0.05, 0) is 19.3 Å². The van der Waals surface area contributed by atoms with E-state index < -0.39 is 15.4 Å². The van der Waals surface area contributed by atoms with Crippen LogP contribution in [0.15, 0.2) is 0 Å². The molecule has 26 heavy (non-hydrogen) atoms. The third kappa shape index (κ3) is 20.2. The van der Waals surface area contributed by atoms with Crippen LogP contribution in [0.2, 0.25) is 0 Å². The van der Waals surface area contributed by atoms with Gasteiger partial charge in [0.05, 0.1) is 10.1 Å². The Labute approximate surface area is 205 Å². The van der Waals surface area contributed by atoms with Gasteiger partial charge in [0.1, 0.15) is 0 Å². The molecule has 6 heteroatoms. The minimum absolute atomic E-state index is 0. The molecule has 152 valence electrons. The number of unbranched alkanes of at least 4 members (excludes halogenated alkanes) is 14. The van der Waals surface area contributed by atoms with Crippen molar-refractivity contribution in [1.82, 2.24) is 0 Å². The Morgan fingerprint density at radius 2 is 1.00 bits per heavy atom. The van der Waals surface area contributed by atoms with Gasteiger partial charge in [0.25, 0.3) is 0 Å². The minimum Gasteiger partial charge on any atom is -0.748 e. The maximum atomic E-state index is 11.0. The minimum atomic E-state index is -4.10. The van der Waals surface area contributed by atoms with E-state index >= 15 is 0 Å². The second kappa shape index (κ2) is 21.2. The van der Waals surface area contributed by atoms with Crippen LogP contribution in [0, 0.1) is 0 Å². The Morgan fingerprint density at radius 1 is 0.692 bits per heavy atom. The molecule has 0 bridgehead atoms. The summed E-state index contributed by atoms with van der Waals surface area (Å²) in [5.74, 6) is 0. The van der Waals surface area contributed by atoms with Crippen LogP contribution in [-0.4, -0.2) is 29.9 Å². The van der Waals surface area contributed by atoms with Gasteiger partial charge in [0, 0.05) is 11.9 Å². The predicted molar refractivity (Wildman–Crippen MR) is 105 cm³/mol. The summed E-state index contributed by atoms with van der Waals surface area (Å²) < 4.78 is 33.0. The van der Waals surface area contributed by atoms with Crippen molar-refractivity contribution in [2.45, 2.75) is 121 Å². The Hall–Kier alpha value is 1.51. The average molecular weight is 417 g/mol. The Kier molecular flexibility index (Phi) is 24.2. The van der Waals surface area contributed by atoms with E-state index in [1.807, 2.05) is 0 Å². The molecular formula is C20H41KO4S. The summed E-state index contributed by atoms with van der Waals surface area (Å²) in [6.07, 6.45) is 19.2. The molecule has 0 amide bonds. The van der Waals surface area contributed by atoms with Crippen LogP contribution in [0.3, 0.4) is 0 Å². The smallest absolute Gasteiger partial charge is 0.748 e. The monoisotopic (exact) mass is 416 g/mol. The van der Waals surface area contributed by atoms with Crippen molar-refractivity contribution < 1.29 is 69.5 Å². The number of rotatable bonds is 19. The summed E-state index contributed by atoms with van der Waals surface area (Å²) in [5, 5.41) is 8.02. The first-order chi connectivity index (χ1) is 12.0. The van der Waals surface area contributed by atoms with Crippen molar-refractivity contribution in [3.05, 3.63) is 0 Å².